The van der Waals surface area contributed by atoms with Crippen molar-refractivity contribution in [2.75, 3.05) is 11.1 Å². The molecule has 10 heteroatoms. The SMILES string of the molecule is CCc1cccc(C)c1NC(=O)Cn1nnc(-c2nc(-c3ccc(Cl)cc3)no2)c1N. The molecule has 2 aromatic carbocycles. The number of carbonyl (C=O) groups excluding carboxylic acids is 1. The van der Waals surface area contributed by atoms with Gasteiger partial charge in [0.15, 0.2) is 11.5 Å². The van der Waals surface area contributed by atoms with Crippen LogP contribution < -0.4 is 11.1 Å². The Morgan fingerprint density at radius 3 is 2.74 bits per heavy atom. The summed E-state index contributed by atoms with van der Waals surface area (Å²) < 4.78 is 6.58. The third kappa shape index (κ3) is 4.26. The van der Waals surface area contributed by atoms with E-state index in [1.807, 2.05) is 32.0 Å². The van der Waals surface area contributed by atoms with Crippen molar-refractivity contribution in [2.24, 2.45) is 0 Å². The molecule has 0 aliphatic heterocycles. The second-order valence-electron chi connectivity index (χ2n) is 6.92. The molecule has 0 saturated heterocycles. The van der Waals surface area contributed by atoms with Crippen LogP contribution in [-0.2, 0) is 17.8 Å². The minimum Gasteiger partial charge on any atom is -0.382 e. The third-order valence-electron chi connectivity index (χ3n) is 4.80. The maximum Gasteiger partial charge on any atom is 0.282 e. The molecule has 0 aliphatic rings. The lowest BCUT2D eigenvalue weighted by Gasteiger charge is -2.13. The standard InChI is InChI=1S/C21H20ClN7O2/c1-3-13-6-4-5-12(2)17(13)24-16(30)11-29-19(23)18(26-28-29)21-25-20(27-31-21)14-7-9-15(22)10-8-14/h4-10H,3,11,23H2,1-2H3,(H,24,30). The molecule has 0 unspecified atom stereocenters. The first-order valence-corrected chi connectivity index (χ1v) is 10.0. The fourth-order valence-electron chi connectivity index (χ4n) is 3.14. The summed E-state index contributed by atoms with van der Waals surface area (Å²) in [7, 11) is 0. The van der Waals surface area contributed by atoms with Gasteiger partial charge in [0, 0.05) is 16.3 Å². The van der Waals surface area contributed by atoms with E-state index in [2.05, 4.69) is 25.8 Å². The summed E-state index contributed by atoms with van der Waals surface area (Å²) >= 11 is 5.91. The molecule has 9 nitrogen and oxygen atoms in total. The highest BCUT2D eigenvalue weighted by atomic mass is 35.5. The summed E-state index contributed by atoms with van der Waals surface area (Å²) in [6, 6.07) is 12.9. The Balaban J connectivity index is 1.51. The van der Waals surface area contributed by atoms with Crippen LogP contribution in [0.5, 0.6) is 0 Å². The lowest BCUT2D eigenvalue weighted by atomic mass is 10.1. The number of amides is 1. The maximum absolute atomic E-state index is 12.6. The summed E-state index contributed by atoms with van der Waals surface area (Å²) in [5.74, 6) is 0.368. The molecule has 1 amide bonds. The van der Waals surface area contributed by atoms with Crippen LogP contribution in [0.4, 0.5) is 11.5 Å². The van der Waals surface area contributed by atoms with Gasteiger partial charge in [-0.2, -0.15) is 4.98 Å². The highest BCUT2D eigenvalue weighted by molar-refractivity contribution is 6.30. The largest absolute Gasteiger partial charge is 0.382 e. The number of nitrogens with zero attached hydrogens (tertiary/aromatic N) is 5. The van der Waals surface area contributed by atoms with Crippen LogP contribution in [0, 0.1) is 6.92 Å². The summed E-state index contributed by atoms with van der Waals surface area (Å²) in [6.45, 7) is 3.88. The topological polar surface area (TPSA) is 125 Å². The van der Waals surface area contributed by atoms with Crippen molar-refractivity contribution in [3.63, 3.8) is 0 Å². The number of nitrogens with two attached hydrogens (primary N) is 1. The molecular formula is C21H20ClN7O2. The number of anilines is 2. The summed E-state index contributed by atoms with van der Waals surface area (Å²) in [6.07, 6.45) is 0.806. The Hall–Kier alpha value is -3.72. The second-order valence-corrected chi connectivity index (χ2v) is 7.36. The van der Waals surface area contributed by atoms with E-state index in [9.17, 15) is 4.79 Å². The van der Waals surface area contributed by atoms with E-state index in [1.165, 1.54) is 4.68 Å². The zero-order valence-electron chi connectivity index (χ0n) is 17.0. The first-order chi connectivity index (χ1) is 15.0. The van der Waals surface area contributed by atoms with Crippen LogP contribution in [0.3, 0.4) is 0 Å². The Bertz CT molecular complexity index is 1230. The van der Waals surface area contributed by atoms with Crippen molar-refractivity contribution >= 4 is 29.0 Å². The minimum atomic E-state index is -0.264. The number of hydrogen-bond acceptors (Lipinski definition) is 7. The number of halogens is 1. The third-order valence-corrected chi connectivity index (χ3v) is 5.05. The van der Waals surface area contributed by atoms with Gasteiger partial charge >= 0.3 is 0 Å². The molecule has 4 aromatic rings. The van der Waals surface area contributed by atoms with E-state index in [-0.39, 0.29) is 29.9 Å². The van der Waals surface area contributed by atoms with Crippen LogP contribution in [0.2, 0.25) is 5.02 Å². The van der Waals surface area contributed by atoms with Crippen LogP contribution in [0.1, 0.15) is 18.1 Å². The monoisotopic (exact) mass is 437 g/mol. The molecule has 31 heavy (non-hydrogen) atoms. The van der Waals surface area contributed by atoms with Crippen molar-refractivity contribution in [2.45, 2.75) is 26.8 Å². The number of nitrogens with one attached hydrogen (secondary N) is 1. The molecule has 0 radical (unpaired) electrons. The Labute approximate surface area is 183 Å². The number of aryl methyl sites for hydroxylation is 2. The van der Waals surface area contributed by atoms with Gasteiger partial charge in [-0.25, -0.2) is 4.68 Å². The lowest BCUT2D eigenvalue weighted by molar-refractivity contribution is -0.116. The normalized spacial score (nSPS) is 10.9. The first kappa shape index (κ1) is 20.5. The van der Waals surface area contributed by atoms with Gasteiger partial charge in [0.05, 0.1) is 0 Å². The van der Waals surface area contributed by atoms with E-state index in [4.69, 9.17) is 21.9 Å². The van der Waals surface area contributed by atoms with Crippen LogP contribution in [-0.4, -0.2) is 31.0 Å². The van der Waals surface area contributed by atoms with Gasteiger partial charge in [0.1, 0.15) is 6.54 Å². The maximum atomic E-state index is 12.6. The molecule has 0 aliphatic carbocycles. The van der Waals surface area contributed by atoms with E-state index >= 15 is 0 Å². The number of carbonyl (C=O) groups is 1. The molecule has 0 atom stereocenters. The van der Waals surface area contributed by atoms with Crippen LogP contribution in [0.25, 0.3) is 23.0 Å². The number of benzene rings is 2. The van der Waals surface area contributed by atoms with Crippen molar-refractivity contribution in [1.82, 2.24) is 25.1 Å². The van der Waals surface area contributed by atoms with Crippen molar-refractivity contribution in [3.8, 4) is 23.0 Å². The van der Waals surface area contributed by atoms with Gasteiger partial charge in [-0.05, 0) is 48.7 Å². The molecule has 0 saturated carbocycles. The van der Waals surface area contributed by atoms with Crippen molar-refractivity contribution in [1.29, 1.82) is 0 Å². The van der Waals surface area contributed by atoms with Gasteiger partial charge in [-0.15, -0.1) is 5.10 Å². The van der Waals surface area contributed by atoms with Crippen LogP contribution >= 0.6 is 11.6 Å². The first-order valence-electron chi connectivity index (χ1n) is 9.63. The van der Waals surface area contributed by atoms with Crippen molar-refractivity contribution in [3.05, 3.63) is 58.6 Å². The number of para-hydroxylation sites is 1. The predicted octanol–water partition coefficient (Wildman–Crippen LogP) is 3.74. The zero-order valence-corrected chi connectivity index (χ0v) is 17.7. The summed E-state index contributed by atoms with van der Waals surface area (Å²) in [5.41, 5.74) is 9.94. The Kier molecular flexibility index (Phi) is 5.68. The molecule has 158 valence electrons. The second kappa shape index (κ2) is 8.57. The highest BCUT2D eigenvalue weighted by Crippen LogP contribution is 2.26. The van der Waals surface area contributed by atoms with E-state index in [0.717, 1.165) is 28.8 Å². The Morgan fingerprint density at radius 1 is 1.23 bits per heavy atom. The van der Waals surface area contributed by atoms with E-state index < -0.39 is 0 Å². The smallest absolute Gasteiger partial charge is 0.282 e. The summed E-state index contributed by atoms with van der Waals surface area (Å²) in [4.78, 5) is 16.9. The number of rotatable bonds is 6. The molecule has 0 bridgehead atoms. The number of aromatic nitrogens is 5. The average molecular weight is 438 g/mol. The predicted molar refractivity (Wildman–Crippen MR) is 117 cm³/mol. The molecule has 4 rings (SSSR count). The molecule has 0 fully saturated rings. The fourth-order valence-corrected chi connectivity index (χ4v) is 3.27. The van der Waals surface area contributed by atoms with Crippen LogP contribution in [0.15, 0.2) is 47.0 Å². The number of nitrogen functional groups attached to an aromatic ring is 1. The van der Waals surface area contributed by atoms with Gasteiger partial charge in [0.2, 0.25) is 11.7 Å². The molecule has 2 heterocycles. The van der Waals surface area contributed by atoms with Crippen molar-refractivity contribution < 1.29 is 9.32 Å². The fraction of sp³-hybridized carbons (Fsp3) is 0.190. The molecule has 3 N–H and O–H groups in total. The van der Waals surface area contributed by atoms with Gasteiger partial charge < -0.3 is 15.6 Å². The van der Waals surface area contributed by atoms with E-state index in [1.54, 1.807) is 24.3 Å². The summed E-state index contributed by atoms with van der Waals surface area (Å²) in [5, 5.41) is 15.5. The zero-order chi connectivity index (χ0) is 22.0. The van der Waals surface area contributed by atoms with Gasteiger partial charge in [-0.1, -0.05) is 47.1 Å². The quantitative estimate of drug-likeness (QED) is 0.470. The lowest BCUT2D eigenvalue weighted by Crippen LogP contribution is -2.21. The minimum absolute atomic E-state index is 0.103. The molecule has 2 aromatic heterocycles. The molecule has 0 spiro atoms. The van der Waals surface area contributed by atoms with E-state index in [0.29, 0.717) is 10.8 Å². The Morgan fingerprint density at radius 2 is 2.00 bits per heavy atom. The highest BCUT2D eigenvalue weighted by Gasteiger charge is 2.20. The molecular weight excluding hydrogens is 418 g/mol. The average Bonchev–Trinajstić information content (AvgIpc) is 3.37. The van der Waals surface area contributed by atoms with Gasteiger partial charge in [-0.3, -0.25) is 4.79 Å². The van der Waals surface area contributed by atoms with Gasteiger partial charge in [0.25, 0.3) is 5.89 Å². The number of hydrogen-bond donors (Lipinski definition) is 2.